The molecule has 0 spiro atoms. The lowest BCUT2D eigenvalue weighted by Gasteiger charge is -2.26. The van der Waals surface area contributed by atoms with Crippen LogP contribution in [0.5, 0.6) is 11.5 Å². The van der Waals surface area contributed by atoms with Crippen molar-refractivity contribution in [2.45, 2.75) is 0 Å². The zero-order valence-corrected chi connectivity index (χ0v) is 17.0. The third kappa shape index (κ3) is 3.47. The zero-order valence-electron chi connectivity index (χ0n) is 13.8. The van der Waals surface area contributed by atoms with E-state index in [-0.39, 0.29) is 17.1 Å². The van der Waals surface area contributed by atoms with Gasteiger partial charge in [0.1, 0.15) is 5.57 Å². The molecule has 2 aromatic carbocycles. The van der Waals surface area contributed by atoms with E-state index >= 15 is 0 Å². The van der Waals surface area contributed by atoms with Gasteiger partial charge in [0.15, 0.2) is 11.5 Å². The summed E-state index contributed by atoms with van der Waals surface area (Å²) in [5.74, 6) is -1.55. The summed E-state index contributed by atoms with van der Waals surface area (Å²) < 4.78 is 5.81. The number of carbonyl (C=O) groups is 3. The molecule has 1 aliphatic rings. The van der Waals surface area contributed by atoms with Crippen molar-refractivity contribution in [3.8, 4) is 11.5 Å². The maximum absolute atomic E-state index is 12.8. The quantitative estimate of drug-likeness (QED) is 0.501. The number of barbiturate groups is 1. The van der Waals surface area contributed by atoms with E-state index in [9.17, 15) is 19.5 Å². The highest BCUT2D eigenvalue weighted by Crippen LogP contribution is 2.42. The monoisotopic (exact) mass is 494 g/mol. The SMILES string of the molecule is COc1cc(C=C2C(=O)NC(=O)N(c3ccccc3)C2=O)c(Br)c(Br)c1O. The van der Waals surface area contributed by atoms with Crippen molar-refractivity contribution >= 4 is 61.5 Å². The van der Waals surface area contributed by atoms with E-state index < -0.39 is 17.8 Å². The highest BCUT2D eigenvalue weighted by Gasteiger charge is 2.37. The molecule has 2 N–H and O–H groups in total. The van der Waals surface area contributed by atoms with Crippen LogP contribution in [0, 0.1) is 0 Å². The average Bonchev–Trinajstić information content (AvgIpc) is 2.65. The number of phenols is 1. The number of anilines is 1. The lowest BCUT2D eigenvalue weighted by molar-refractivity contribution is -0.122. The minimum absolute atomic E-state index is 0.132. The Bertz CT molecular complexity index is 989. The number of phenolic OH excluding ortho intramolecular Hbond substituents is 1. The van der Waals surface area contributed by atoms with E-state index in [0.717, 1.165) is 4.90 Å². The molecule has 4 amide bonds. The Labute approximate surface area is 170 Å². The smallest absolute Gasteiger partial charge is 0.335 e. The molecule has 1 saturated heterocycles. The number of hydrogen-bond acceptors (Lipinski definition) is 5. The molecule has 0 radical (unpaired) electrons. The van der Waals surface area contributed by atoms with Crippen LogP contribution in [0.25, 0.3) is 6.08 Å². The number of rotatable bonds is 3. The summed E-state index contributed by atoms with van der Waals surface area (Å²) in [7, 11) is 1.38. The van der Waals surface area contributed by atoms with Gasteiger partial charge in [0.25, 0.3) is 11.8 Å². The van der Waals surface area contributed by atoms with Crippen molar-refractivity contribution in [3.05, 3.63) is 56.5 Å². The predicted molar refractivity (Wildman–Crippen MR) is 106 cm³/mol. The van der Waals surface area contributed by atoms with Crippen LogP contribution in [-0.2, 0) is 9.59 Å². The molecule has 138 valence electrons. The van der Waals surface area contributed by atoms with Gasteiger partial charge in [0.2, 0.25) is 0 Å². The highest BCUT2D eigenvalue weighted by molar-refractivity contribution is 9.13. The summed E-state index contributed by atoms with van der Waals surface area (Å²) in [5.41, 5.74) is 0.498. The molecule has 0 atom stereocenters. The number of amides is 4. The summed E-state index contributed by atoms with van der Waals surface area (Å²) in [6, 6.07) is 8.90. The van der Waals surface area contributed by atoms with Gasteiger partial charge in [-0.3, -0.25) is 14.9 Å². The van der Waals surface area contributed by atoms with E-state index in [4.69, 9.17) is 4.74 Å². The molecule has 0 saturated carbocycles. The number of imide groups is 2. The molecule has 0 aromatic heterocycles. The Morgan fingerprint density at radius 3 is 2.41 bits per heavy atom. The van der Waals surface area contributed by atoms with Crippen LogP contribution in [0.15, 0.2) is 50.9 Å². The Hall–Kier alpha value is -2.65. The molecule has 0 bridgehead atoms. The van der Waals surface area contributed by atoms with Crippen LogP contribution < -0.4 is 15.0 Å². The predicted octanol–water partition coefficient (Wildman–Crippen LogP) is 3.59. The van der Waals surface area contributed by atoms with Crippen molar-refractivity contribution < 1.29 is 24.2 Å². The summed E-state index contributed by atoms with van der Waals surface area (Å²) in [4.78, 5) is 38.1. The second-order valence-corrected chi connectivity index (χ2v) is 7.02. The van der Waals surface area contributed by atoms with E-state index in [1.807, 2.05) is 0 Å². The Morgan fingerprint density at radius 1 is 1.11 bits per heavy atom. The van der Waals surface area contributed by atoms with E-state index in [1.165, 1.54) is 19.3 Å². The topological polar surface area (TPSA) is 95.9 Å². The number of hydrogen-bond donors (Lipinski definition) is 2. The third-order valence-corrected chi connectivity index (χ3v) is 5.97. The minimum atomic E-state index is -0.822. The second-order valence-electron chi connectivity index (χ2n) is 5.44. The number of aromatic hydroxyl groups is 1. The first-order valence-electron chi connectivity index (χ1n) is 7.56. The number of nitrogens with zero attached hydrogens (tertiary/aromatic N) is 1. The highest BCUT2D eigenvalue weighted by atomic mass is 79.9. The van der Waals surface area contributed by atoms with Gasteiger partial charge in [-0.1, -0.05) is 18.2 Å². The molecular formula is C18H12Br2N2O5. The van der Waals surface area contributed by atoms with Gasteiger partial charge in [0.05, 0.1) is 17.3 Å². The fourth-order valence-corrected chi connectivity index (χ4v) is 3.34. The van der Waals surface area contributed by atoms with E-state index in [2.05, 4.69) is 37.2 Å². The first-order valence-corrected chi connectivity index (χ1v) is 9.15. The van der Waals surface area contributed by atoms with Gasteiger partial charge in [-0.2, -0.15) is 0 Å². The van der Waals surface area contributed by atoms with Crippen LogP contribution in [0.4, 0.5) is 10.5 Å². The van der Waals surface area contributed by atoms with Crippen molar-refractivity contribution in [1.82, 2.24) is 5.32 Å². The summed E-state index contributed by atoms with van der Waals surface area (Å²) >= 11 is 6.52. The lowest BCUT2D eigenvalue weighted by Crippen LogP contribution is -2.54. The minimum Gasteiger partial charge on any atom is -0.503 e. The second kappa shape index (κ2) is 7.53. The molecule has 0 unspecified atom stereocenters. The van der Waals surface area contributed by atoms with Gasteiger partial charge in [-0.15, -0.1) is 0 Å². The standard InChI is InChI=1S/C18H12Br2N2O5/c1-27-12-8-9(13(19)14(20)15(12)23)7-11-16(24)21-18(26)22(17(11)25)10-5-3-2-4-6-10/h2-8,23H,1H3,(H,21,24,26). The van der Waals surface area contributed by atoms with Crippen LogP contribution in [0.3, 0.4) is 0 Å². The first-order chi connectivity index (χ1) is 12.8. The maximum Gasteiger partial charge on any atom is 0.335 e. The summed E-state index contributed by atoms with van der Waals surface area (Å²) in [6.45, 7) is 0. The molecule has 27 heavy (non-hydrogen) atoms. The number of para-hydroxylation sites is 1. The summed E-state index contributed by atoms with van der Waals surface area (Å²) in [5, 5.41) is 12.2. The normalized spacial score (nSPS) is 15.9. The van der Waals surface area contributed by atoms with Gasteiger partial charge in [-0.25, -0.2) is 9.69 Å². The Kier molecular flexibility index (Phi) is 5.33. The van der Waals surface area contributed by atoms with Crippen molar-refractivity contribution in [3.63, 3.8) is 0 Å². The number of carbonyl (C=O) groups excluding carboxylic acids is 3. The zero-order chi connectivity index (χ0) is 19.7. The molecule has 3 rings (SSSR count). The molecule has 1 fully saturated rings. The van der Waals surface area contributed by atoms with Crippen LogP contribution in [0.2, 0.25) is 0 Å². The fraction of sp³-hybridized carbons (Fsp3) is 0.0556. The van der Waals surface area contributed by atoms with Crippen LogP contribution in [0.1, 0.15) is 5.56 Å². The molecular weight excluding hydrogens is 484 g/mol. The summed E-state index contributed by atoms with van der Waals surface area (Å²) in [6.07, 6.45) is 1.32. The average molecular weight is 496 g/mol. The number of ether oxygens (including phenoxy) is 1. The number of benzene rings is 2. The van der Waals surface area contributed by atoms with Gasteiger partial charge < -0.3 is 9.84 Å². The number of methoxy groups -OCH3 is 1. The number of urea groups is 1. The van der Waals surface area contributed by atoms with E-state index in [1.54, 1.807) is 30.3 Å². The largest absolute Gasteiger partial charge is 0.503 e. The third-order valence-electron chi connectivity index (χ3n) is 3.81. The maximum atomic E-state index is 12.8. The molecule has 9 heteroatoms. The van der Waals surface area contributed by atoms with Gasteiger partial charge in [-0.05, 0) is 61.7 Å². The van der Waals surface area contributed by atoms with Crippen molar-refractivity contribution in [1.29, 1.82) is 0 Å². The Morgan fingerprint density at radius 2 is 1.78 bits per heavy atom. The van der Waals surface area contributed by atoms with Crippen LogP contribution in [-0.4, -0.2) is 30.1 Å². The molecule has 0 aliphatic carbocycles. The van der Waals surface area contributed by atoms with Gasteiger partial charge in [0, 0.05) is 4.47 Å². The molecule has 1 aliphatic heterocycles. The number of nitrogens with one attached hydrogen (secondary N) is 1. The van der Waals surface area contributed by atoms with Crippen LogP contribution >= 0.6 is 31.9 Å². The Balaban J connectivity index is 2.10. The fourth-order valence-electron chi connectivity index (χ4n) is 2.50. The number of halogens is 2. The molecule has 2 aromatic rings. The first kappa shape index (κ1) is 19.1. The van der Waals surface area contributed by atoms with Crippen molar-refractivity contribution in [2.75, 3.05) is 12.0 Å². The van der Waals surface area contributed by atoms with Gasteiger partial charge >= 0.3 is 6.03 Å². The molecule has 1 heterocycles. The molecule has 7 nitrogen and oxygen atoms in total. The van der Waals surface area contributed by atoms with Crippen molar-refractivity contribution in [2.24, 2.45) is 0 Å². The lowest BCUT2D eigenvalue weighted by atomic mass is 10.1. The van der Waals surface area contributed by atoms with E-state index in [0.29, 0.717) is 20.2 Å².